The molecule has 0 amide bonds. The van der Waals surface area contributed by atoms with Crippen molar-refractivity contribution in [1.82, 2.24) is 0 Å². The van der Waals surface area contributed by atoms with Gasteiger partial charge in [0.15, 0.2) is 0 Å². The first-order chi connectivity index (χ1) is 12.2. The maximum Gasteiger partial charge on any atom is 0.232 e. The Morgan fingerprint density at radius 1 is 0.840 bits per heavy atom. The van der Waals surface area contributed by atoms with E-state index in [0.29, 0.717) is 19.3 Å². The SMILES string of the molecule is C=CCC(C/C=C/c1ccccc1)(C/C=C/c1ccccc1)[N+](=O)[O-]. The molecule has 0 radical (unpaired) electrons. The third-order valence-electron chi connectivity index (χ3n) is 4.13. The molecule has 2 rings (SSSR count). The fourth-order valence-corrected chi connectivity index (χ4v) is 2.70. The molecule has 2 aromatic carbocycles. The van der Waals surface area contributed by atoms with Crippen LogP contribution in [0.2, 0.25) is 0 Å². The minimum absolute atomic E-state index is 0.167. The van der Waals surface area contributed by atoms with Crippen LogP contribution in [0, 0.1) is 10.1 Å². The Hall–Kier alpha value is -2.94. The minimum Gasteiger partial charge on any atom is -0.264 e. The Labute approximate surface area is 149 Å². The first-order valence-corrected chi connectivity index (χ1v) is 8.35. The molecule has 0 fully saturated rings. The molecule has 0 aliphatic rings. The Morgan fingerprint density at radius 2 is 1.28 bits per heavy atom. The van der Waals surface area contributed by atoms with E-state index in [9.17, 15) is 10.1 Å². The van der Waals surface area contributed by atoms with Crippen molar-refractivity contribution in [1.29, 1.82) is 0 Å². The van der Waals surface area contributed by atoms with Crippen molar-refractivity contribution in [3.05, 3.63) is 107 Å². The maximum atomic E-state index is 11.8. The van der Waals surface area contributed by atoms with Crippen LogP contribution in [0.5, 0.6) is 0 Å². The first kappa shape index (κ1) is 18.4. The van der Waals surface area contributed by atoms with Gasteiger partial charge >= 0.3 is 0 Å². The molecule has 0 aliphatic carbocycles. The van der Waals surface area contributed by atoms with E-state index >= 15 is 0 Å². The summed E-state index contributed by atoms with van der Waals surface area (Å²) in [5.74, 6) is 0. The molecule has 0 spiro atoms. The fraction of sp³-hybridized carbons (Fsp3) is 0.182. The first-order valence-electron chi connectivity index (χ1n) is 8.35. The van der Waals surface area contributed by atoms with Crippen LogP contribution in [0.3, 0.4) is 0 Å². The number of benzene rings is 2. The number of hydrogen-bond donors (Lipinski definition) is 0. The number of nitro groups is 1. The van der Waals surface area contributed by atoms with E-state index < -0.39 is 5.54 Å². The molecular weight excluding hydrogens is 310 g/mol. The zero-order valence-electron chi connectivity index (χ0n) is 14.3. The highest BCUT2D eigenvalue weighted by Gasteiger charge is 2.39. The Bertz CT molecular complexity index is 682. The van der Waals surface area contributed by atoms with E-state index in [-0.39, 0.29) is 4.92 Å². The third-order valence-corrected chi connectivity index (χ3v) is 4.13. The van der Waals surface area contributed by atoms with E-state index in [1.807, 2.05) is 85.0 Å². The van der Waals surface area contributed by atoms with Crippen LogP contribution in [-0.4, -0.2) is 10.5 Å². The molecule has 0 heterocycles. The van der Waals surface area contributed by atoms with Gasteiger partial charge in [0, 0.05) is 24.2 Å². The maximum absolute atomic E-state index is 11.8. The smallest absolute Gasteiger partial charge is 0.232 e. The summed E-state index contributed by atoms with van der Waals surface area (Å²) in [7, 11) is 0. The van der Waals surface area contributed by atoms with Gasteiger partial charge < -0.3 is 0 Å². The molecule has 25 heavy (non-hydrogen) atoms. The zero-order chi connectivity index (χ0) is 18.0. The Kier molecular flexibility index (Phi) is 6.90. The largest absolute Gasteiger partial charge is 0.264 e. The van der Waals surface area contributed by atoms with Gasteiger partial charge in [0.2, 0.25) is 5.54 Å². The molecule has 3 nitrogen and oxygen atoms in total. The van der Waals surface area contributed by atoms with Gasteiger partial charge in [-0.2, -0.15) is 0 Å². The summed E-state index contributed by atoms with van der Waals surface area (Å²) >= 11 is 0. The molecule has 0 bridgehead atoms. The Morgan fingerprint density at radius 3 is 1.64 bits per heavy atom. The molecule has 0 aliphatic heterocycles. The second-order valence-electron chi connectivity index (χ2n) is 6.01. The normalized spacial score (nSPS) is 11.8. The Balaban J connectivity index is 2.12. The zero-order valence-corrected chi connectivity index (χ0v) is 14.3. The lowest BCUT2D eigenvalue weighted by molar-refractivity contribution is -0.567. The summed E-state index contributed by atoms with van der Waals surface area (Å²) in [6.45, 7) is 3.71. The van der Waals surface area contributed by atoms with E-state index in [2.05, 4.69) is 6.58 Å². The molecular formula is C22H23NO2. The van der Waals surface area contributed by atoms with Crippen LogP contribution in [0.15, 0.2) is 85.5 Å². The summed E-state index contributed by atoms with van der Waals surface area (Å²) in [6.07, 6.45) is 10.3. The number of rotatable bonds is 9. The van der Waals surface area contributed by atoms with Crippen molar-refractivity contribution >= 4 is 12.2 Å². The van der Waals surface area contributed by atoms with Crippen LogP contribution in [0.1, 0.15) is 30.4 Å². The van der Waals surface area contributed by atoms with Gasteiger partial charge in [-0.3, -0.25) is 10.1 Å². The molecule has 0 atom stereocenters. The predicted octanol–water partition coefficient (Wildman–Crippen LogP) is 5.79. The van der Waals surface area contributed by atoms with E-state index in [1.165, 1.54) is 0 Å². The van der Waals surface area contributed by atoms with E-state index in [4.69, 9.17) is 0 Å². The van der Waals surface area contributed by atoms with Crippen LogP contribution < -0.4 is 0 Å². The quantitative estimate of drug-likeness (QED) is 0.331. The van der Waals surface area contributed by atoms with Gasteiger partial charge in [-0.25, -0.2) is 0 Å². The molecule has 128 valence electrons. The number of hydrogen-bond acceptors (Lipinski definition) is 2. The van der Waals surface area contributed by atoms with E-state index in [0.717, 1.165) is 11.1 Å². The van der Waals surface area contributed by atoms with Crippen LogP contribution in [0.4, 0.5) is 0 Å². The summed E-state index contributed by atoms with van der Waals surface area (Å²) in [6, 6.07) is 19.6. The van der Waals surface area contributed by atoms with Gasteiger partial charge in [-0.15, -0.1) is 6.58 Å². The summed E-state index contributed by atoms with van der Waals surface area (Å²) in [5, 5.41) is 11.8. The summed E-state index contributed by atoms with van der Waals surface area (Å²) in [5.41, 5.74) is 1.02. The van der Waals surface area contributed by atoms with E-state index in [1.54, 1.807) is 6.08 Å². The molecule has 0 saturated heterocycles. The highest BCUT2D eigenvalue weighted by Crippen LogP contribution is 2.27. The summed E-state index contributed by atoms with van der Waals surface area (Å²) < 4.78 is 0. The van der Waals surface area contributed by atoms with Crippen molar-refractivity contribution in [2.75, 3.05) is 0 Å². The van der Waals surface area contributed by atoms with Crippen molar-refractivity contribution in [2.45, 2.75) is 24.8 Å². The molecule has 0 N–H and O–H groups in total. The average Bonchev–Trinajstić information content (AvgIpc) is 2.63. The topological polar surface area (TPSA) is 43.1 Å². The summed E-state index contributed by atoms with van der Waals surface area (Å²) in [4.78, 5) is 11.6. The van der Waals surface area contributed by atoms with Crippen molar-refractivity contribution in [3.8, 4) is 0 Å². The second-order valence-corrected chi connectivity index (χ2v) is 6.01. The molecule has 3 heteroatoms. The van der Waals surface area contributed by atoms with Crippen molar-refractivity contribution in [3.63, 3.8) is 0 Å². The second kappa shape index (κ2) is 9.38. The molecule has 2 aromatic rings. The monoisotopic (exact) mass is 333 g/mol. The van der Waals surface area contributed by atoms with Gasteiger partial charge in [-0.05, 0) is 11.1 Å². The van der Waals surface area contributed by atoms with Crippen molar-refractivity contribution in [2.24, 2.45) is 0 Å². The van der Waals surface area contributed by atoms with Gasteiger partial charge in [0.25, 0.3) is 0 Å². The van der Waals surface area contributed by atoms with Crippen molar-refractivity contribution < 1.29 is 4.92 Å². The van der Waals surface area contributed by atoms with Crippen LogP contribution >= 0.6 is 0 Å². The van der Waals surface area contributed by atoms with Gasteiger partial charge in [0.1, 0.15) is 0 Å². The molecule has 0 saturated carbocycles. The van der Waals surface area contributed by atoms with Crippen LogP contribution in [-0.2, 0) is 0 Å². The highest BCUT2D eigenvalue weighted by atomic mass is 16.6. The van der Waals surface area contributed by atoms with Gasteiger partial charge in [-0.1, -0.05) is 91.0 Å². The number of nitrogens with zero attached hydrogens (tertiary/aromatic N) is 1. The minimum atomic E-state index is -1.06. The highest BCUT2D eigenvalue weighted by molar-refractivity contribution is 5.50. The fourth-order valence-electron chi connectivity index (χ4n) is 2.70. The predicted molar refractivity (Wildman–Crippen MR) is 105 cm³/mol. The average molecular weight is 333 g/mol. The lowest BCUT2D eigenvalue weighted by Crippen LogP contribution is -2.36. The third kappa shape index (κ3) is 5.57. The lowest BCUT2D eigenvalue weighted by Gasteiger charge is -2.21. The van der Waals surface area contributed by atoms with Crippen LogP contribution in [0.25, 0.3) is 12.2 Å². The molecule has 0 aromatic heterocycles. The lowest BCUT2D eigenvalue weighted by atomic mass is 9.87. The van der Waals surface area contributed by atoms with Gasteiger partial charge in [0.05, 0.1) is 0 Å². The molecule has 0 unspecified atom stereocenters. The standard InChI is InChI=1S/C22H23NO2/c1-2-17-22(23(24)25,18-9-15-20-11-5-3-6-12-20)19-10-16-21-13-7-4-8-14-21/h2-16H,1,17-19H2/b15-9+,16-10+.